The number of amides is 2. The third kappa shape index (κ3) is 11.7. The predicted molar refractivity (Wildman–Crippen MR) is 144 cm³/mol. The van der Waals surface area contributed by atoms with E-state index in [-0.39, 0.29) is 29.9 Å². The Morgan fingerprint density at radius 3 is 2.51 bits per heavy atom. The Kier molecular flexibility index (Phi) is 14.1. The van der Waals surface area contributed by atoms with Crippen molar-refractivity contribution in [3.05, 3.63) is 58.0 Å². The smallest absolute Gasteiger partial charge is 0.290 e. The molecule has 0 saturated carbocycles. The number of nitrogens with zero attached hydrogens (tertiary/aromatic N) is 2. The summed E-state index contributed by atoms with van der Waals surface area (Å²) in [4.78, 5) is 55.2. The van der Waals surface area contributed by atoms with Crippen LogP contribution in [0.3, 0.4) is 0 Å². The molecule has 0 spiro atoms. The summed E-state index contributed by atoms with van der Waals surface area (Å²) in [5.41, 5.74) is 7.85. The van der Waals surface area contributed by atoms with E-state index in [0.717, 1.165) is 18.5 Å². The highest BCUT2D eigenvalue weighted by atomic mass is 16.3. The first-order valence-corrected chi connectivity index (χ1v) is 11.8. The molecular weight excluding hydrogens is 478 g/mol. The molecule has 0 unspecified atom stereocenters. The molecule has 2 rings (SSSR count). The number of carbonyl (C=O) groups excluding carboxylic acids is 2. The molecule has 200 valence electrons. The minimum absolute atomic E-state index is 0.0513. The summed E-state index contributed by atoms with van der Waals surface area (Å²) in [6.45, 7) is 4.31. The van der Waals surface area contributed by atoms with Gasteiger partial charge in [-0.1, -0.05) is 19.4 Å². The maximum absolute atomic E-state index is 12.3. The van der Waals surface area contributed by atoms with E-state index >= 15 is 0 Å². The number of aromatic nitrogens is 2. The molecule has 2 aromatic rings. The normalized spacial score (nSPS) is 10.8. The van der Waals surface area contributed by atoms with E-state index in [9.17, 15) is 14.4 Å². The highest BCUT2D eigenvalue weighted by molar-refractivity contribution is 6.00. The standard InChI is InChI=1S/C24H33N7O3.CH2O2/c1-4-5-6-8-19(30-21-16(2)29-24(25)31-23(21)34)15-28-18-12-10-17(11-13-18)22(33)27-14-7-9-20(32)26-3;2-1-3/h6,8,10-13,28H,4-5,7,9,14-15H2,1-3H3,(H,26,32)(H,27,33)(H3,25,29,31,34);1H,(H,2,3)/b8-6+,30-19?;. The van der Waals surface area contributed by atoms with E-state index in [1.807, 2.05) is 12.2 Å². The molecule has 1 aromatic carbocycles. The van der Waals surface area contributed by atoms with Crippen molar-refractivity contribution in [2.75, 3.05) is 31.2 Å². The Balaban J connectivity index is 0.00000217. The van der Waals surface area contributed by atoms with E-state index < -0.39 is 5.56 Å². The summed E-state index contributed by atoms with van der Waals surface area (Å²) in [6.07, 6.45) is 6.72. The highest BCUT2D eigenvalue weighted by Gasteiger charge is 2.08. The summed E-state index contributed by atoms with van der Waals surface area (Å²) < 4.78 is 0. The Morgan fingerprint density at radius 1 is 1.24 bits per heavy atom. The monoisotopic (exact) mass is 513 g/mol. The van der Waals surface area contributed by atoms with Gasteiger partial charge < -0.3 is 26.8 Å². The Labute approximate surface area is 215 Å². The molecule has 0 saturated heterocycles. The SMILES string of the molecule is CCC/C=C/C(CNc1ccc(C(=O)NCCCC(=O)NC)cc1)=Nc1c(C)nc(N)[nH]c1=O.O=CO. The van der Waals surface area contributed by atoms with Gasteiger partial charge in [0.25, 0.3) is 17.9 Å². The number of aliphatic imine (C=N–C) groups is 1. The molecule has 0 bridgehead atoms. The second-order valence-electron chi connectivity index (χ2n) is 7.75. The maximum atomic E-state index is 12.3. The Bertz CT molecular complexity index is 1140. The van der Waals surface area contributed by atoms with Crippen LogP contribution < -0.4 is 27.2 Å². The predicted octanol–water partition coefficient (Wildman–Crippen LogP) is 2.16. The molecule has 0 aliphatic heterocycles. The molecular formula is C25H35N7O5. The summed E-state index contributed by atoms with van der Waals surface area (Å²) in [7, 11) is 1.59. The van der Waals surface area contributed by atoms with E-state index in [4.69, 9.17) is 15.6 Å². The van der Waals surface area contributed by atoms with Crippen molar-refractivity contribution in [2.45, 2.75) is 39.5 Å². The molecule has 1 heterocycles. The van der Waals surface area contributed by atoms with E-state index in [1.54, 1.807) is 38.2 Å². The van der Waals surface area contributed by atoms with Crippen molar-refractivity contribution in [3.8, 4) is 0 Å². The molecule has 12 nitrogen and oxygen atoms in total. The molecule has 0 radical (unpaired) electrons. The topological polar surface area (TPSA) is 192 Å². The molecule has 12 heteroatoms. The van der Waals surface area contributed by atoms with Crippen molar-refractivity contribution in [1.29, 1.82) is 0 Å². The van der Waals surface area contributed by atoms with Crippen LogP contribution in [0.2, 0.25) is 0 Å². The molecule has 0 fully saturated rings. The third-order valence-corrected chi connectivity index (χ3v) is 4.87. The number of hydrogen-bond acceptors (Lipinski definition) is 8. The number of benzene rings is 1. The van der Waals surface area contributed by atoms with Gasteiger partial charge in [-0.2, -0.15) is 0 Å². The van der Waals surface area contributed by atoms with Gasteiger partial charge in [0.1, 0.15) is 5.69 Å². The van der Waals surface area contributed by atoms with Crippen molar-refractivity contribution in [2.24, 2.45) is 4.99 Å². The lowest BCUT2D eigenvalue weighted by molar-refractivity contribution is -0.123. The van der Waals surface area contributed by atoms with Crippen LogP contribution in [0.1, 0.15) is 48.7 Å². The fraction of sp³-hybridized carbons (Fsp3) is 0.360. The number of carboxylic acid groups (broad SMARTS) is 1. The summed E-state index contributed by atoms with van der Waals surface area (Å²) in [5, 5.41) is 15.5. The average Bonchev–Trinajstić information content (AvgIpc) is 2.87. The van der Waals surface area contributed by atoms with Crippen LogP contribution in [0.15, 0.2) is 46.2 Å². The van der Waals surface area contributed by atoms with Crippen molar-refractivity contribution in [1.82, 2.24) is 20.6 Å². The number of rotatable bonds is 12. The van der Waals surface area contributed by atoms with Gasteiger partial charge in [0.15, 0.2) is 0 Å². The minimum Gasteiger partial charge on any atom is -0.483 e. The summed E-state index contributed by atoms with van der Waals surface area (Å²) in [6, 6.07) is 7.04. The Morgan fingerprint density at radius 2 is 1.92 bits per heavy atom. The second-order valence-corrected chi connectivity index (χ2v) is 7.75. The maximum Gasteiger partial charge on any atom is 0.290 e. The van der Waals surface area contributed by atoms with Crippen molar-refractivity contribution < 1.29 is 19.5 Å². The second kappa shape index (κ2) is 17.0. The van der Waals surface area contributed by atoms with Gasteiger partial charge in [-0.25, -0.2) is 9.98 Å². The fourth-order valence-electron chi connectivity index (χ4n) is 3.01. The first-order chi connectivity index (χ1) is 17.7. The van der Waals surface area contributed by atoms with Crippen LogP contribution in [0.4, 0.5) is 17.3 Å². The zero-order valence-electron chi connectivity index (χ0n) is 21.3. The lowest BCUT2D eigenvalue weighted by Gasteiger charge is -2.09. The van der Waals surface area contributed by atoms with Crippen molar-refractivity contribution in [3.63, 3.8) is 0 Å². The number of hydrogen-bond donors (Lipinski definition) is 6. The van der Waals surface area contributed by atoms with E-state index in [1.165, 1.54) is 0 Å². The van der Waals surface area contributed by atoms with Crippen LogP contribution in [-0.4, -0.2) is 59.2 Å². The number of anilines is 2. The lowest BCUT2D eigenvalue weighted by atomic mass is 10.2. The number of unbranched alkanes of at least 4 members (excludes halogenated alkanes) is 1. The van der Waals surface area contributed by atoms with E-state index in [2.05, 4.69) is 37.8 Å². The molecule has 0 atom stereocenters. The van der Waals surface area contributed by atoms with Crippen molar-refractivity contribution >= 4 is 41.3 Å². The molecule has 1 aromatic heterocycles. The first-order valence-electron chi connectivity index (χ1n) is 11.8. The number of nitrogens with one attached hydrogen (secondary N) is 4. The van der Waals surface area contributed by atoms with E-state index in [0.29, 0.717) is 42.9 Å². The lowest BCUT2D eigenvalue weighted by Crippen LogP contribution is -2.26. The molecule has 7 N–H and O–H groups in total. The van der Waals surface area contributed by atoms with Crippen LogP contribution in [0, 0.1) is 6.92 Å². The van der Waals surface area contributed by atoms with Gasteiger partial charge in [0.05, 0.1) is 18.0 Å². The zero-order valence-corrected chi connectivity index (χ0v) is 21.3. The number of aryl methyl sites for hydroxylation is 1. The van der Waals surface area contributed by atoms with Gasteiger partial charge in [0, 0.05) is 31.3 Å². The zero-order chi connectivity index (χ0) is 27.6. The minimum atomic E-state index is -0.392. The van der Waals surface area contributed by atoms with Gasteiger partial charge in [-0.3, -0.25) is 24.2 Å². The highest BCUT2D eigenvalue weighted by Crippen LogP contribution is 2.13. The van der Waals surface area contributed by atoms with Gasteiger partial charge >= 0.3 is 0 Å². The number of carbonyl (C=O) groups is 3. The molecule has 37 heavy (non-hydrogen) atoms. The molecule has 2 amide bonds. The average molecular weight is 514 g/mol. The quantitative estimate of drug-likeness (QED) is 0.141. The van der Waals surface area contributed by atoms with Crippen LogP contribution in [0.25, 0.3) is 0 Å². The summed E-state index contributed by atoms with van der Waals surface area (Å²) in [5.74, 6) is -0.193. The van der Waals surface area contributed by atoms with Gasteiger partial charge in [-0.15, -0.1) is 0 Å². The largest absolute Gasteiger partial charge is 0.483 e. The number of nitrogens with two attached hydrogens (primary N) is 1. The number of H-pyrrole nitrogens is 1. The Hall–Kier alpha value is -4.48. The first kappa shape index (κ1) is 30.6. The molecule has 0 aliphatic rings. The number of allylic oxidation sites excluding steroid dienone is 1. The van der Waals surface area contributed by atoms with Crippen LogP contribution in [0.5, 0.6) is 0 Å². The number of aromatic amines is 1. The number of nitrogen functional groups attached to an aromatic ring is 1. The fourth-order valence-corrected chi connectivity index (χ4v) is 3.01. The van der Waals surface area contributed by atoms with Gasteiger partial charge in [0.2, 0.25) is 11.9 Å². The summed E-state index contributed by atoms with van der Waals surface area (Å²) >= 11 is 0. The van der Waals surface area contributed by atoms with Gasteiger partial charge in [-0.05, 0) is 50.1 Å². The molecule has 0 aliphatic carbocycles. The van der Waals surface area contributed by atoms with Crippen LogP contribution in [-0.2, 0) is 9.59 Å². The third-order valence-electron chi connectivity index (χ3n) is 4.87. The van der Waals surface area contributed by atoms with Crippen LogP contribution >= 0.6 is 0 Å².